The minimum absolute atomic E-state index is 0.0390. The summed E-state index contributed by atoms with van der Waals surface area (Å²) < 4.78 is 48.9. The van der Waals surface area contributed by atoms with E-state index in [9.17, 15) is 22.7 Å². The number of carbonyl (C=O) groups excluding carboxylic acids is 1. The van der Waals surface area contributed by atoms with E-state index in [2.05, 4.69) is 25.7 Å². The molecule has 4 aromatic rings. The molecule has 43 heavy (non-hydrogen) atoms. The Bertz CT molecular complexity index is 1760. The van der Waals surface area contributed by atoms with Crippen molar-refractivity contribution in [2.75, 3.05) is 5.32 Å². The van der Waals surface area contributed by atoms with E-state index in [-0.39, 0.29) is 17.3 Å². The number of halogens is 1. The lowest BCUT2D eigenvalue weighted by Crippen LogP contribution is -2.51. The van der Waals surface area contributed by atoms with Crippen molar-refractivity contribution in [3.8, 4) is 5.69 Å². The zero-order chi connectivity index (χ0) is 31.0. The molecule has 13 heteroatoms. The van der Waals surface area contributed by atoms with Gasteiger partial charge >= 0.3 is 6.09 Å². The van der Waals surface area contributed by atoms with Crippen LogP contribution in [0, 0.1) is 5.82 Å². The first kappa shape index (κ1) is 30.4. The molecule has 1 saturated carbocycles. The molecule has 11 nitrogen and oxygen atoms in total. The number of carbonyl (C=O) groups is 1. The predicted molar refractivity (Wildman–Crippen MR) is 159 cm³/mol. The number of fused-ring (bicyclic) bond motifs is 1. The first-order valence-electron chi connectivity index (χ1n) is 14.0. The van der Waals surface area contributed by atoms with Crippen molar-refractivity contribution >= 4 is 38.3 Å². The number of benzene rings is 1. The second-order valence-corrected chi connectivity index (χ2v) is 14.2. The Kier molecular flexibility index (Phi) is 8.14. The quantitative estimate of drug-likeness (QED) is 0.257. The smallest absolute Gasteiger partial charge is 0.408 e. The number of anilines is 2. The van der Waals surface area contributed by atoms with E-state index in [0.29, 0.717) is 53.8 Å². The van der Waals surface area contributed by atoms with Gasteiger partial charge in [-0.25, -0.2) is 32.3 Å². The molecule has 1 aliphatic rings. The summed E-state index contributed by atoms with van der Waals surface area (Å²) >= 11 is 0. The van der Waals surface area contributed by atoms with Gasteiger partial charge in [-0.15, -0.1) is 0 Å². The van der Waals surface area contributed by atoms with Gasteiger partial charge in [-0.05, 0) is 83.7 Å². The van der Waals surface area contributed by atoms with E-state index < -0.39 is 38.1 Å². The summed E-state index contributed by atoms with van der Waals surface area (Å²) in [4.78, 5) is 21.1. The highest BCUT2D eigenvalue weighted by Crippen LogP contribution is 2.34. The molecule has 0 bridgehead atoms. The molecule has 228 valence electrons. The Morgan fingerprint density at radius 3 is 2.56 bits per heavy atom. The second kappa shape index (κ2) is 11.5. The Labute approximate surface area is 249 Å². The van der Waals surface area contributed by atoms with Crippen LogP contribution in [0.4, 0.5) is 20.7 Å². The van der Waals surface area contributed by atoms with E-state index >= 15 is 0 Å². The van der Waals surface area contributed by atoms with E-state index in [1.165, 1.54) is 16.8 Å². The number of rotatable bonds is 7. The molecule has 3 aromatic heterocycles. The lowest BCUT2D eigenvalue weighted by Gasteiger charge is -2.38. The standard InChI is InChI=1S/C30H35FN6O5S/c1-29(2,3)42-28(39)35-30(4)12-9-22(10-13-30)43(40,41)27-8-5-19-17-32-26(16-25(19)34-27)33-24-7-6-21(15-23(24)31)37-14-11-20(18-38)36-37/h5-8,11,14-17,22,38H,9-10,12-13,18H2,1-4H3,(H,32,33)(H,35,39). The molecule has 0 spiro atoms. The molecule has 1 fully saturated rings. The number of amides is 1. The van der Waals surface area contributed by atoms with Gasteiger partial charge in [0.25, 0.3) is 0 Å². The number of hydrogen-bond donors (Lipinski definition) is 3. The van der Waals surface area contributed by atoms with Gasteiger partial charge < -0.3 is 20.5 Å². The SMILES string of the molecule is CC1(NC(=O)OC(C)(C)C)CCC(S(=O)(=O)c2ccc3cnc(Nc4ccc(-n5ccc(CO)n5)cc4F)cc3n2)CC1. The van der Waals surface area contributed by atoms with Crippen LogP contribution >= 0.6 is 0 Å². The first-order valence-corrected chi connectivity index (χ1v) is 15.5. The van der Waals surface area contributed by atoms with Crippen molar-refractivity contribution in [1.29, 1.82) is 0 Å². The van der Waals surface area contributed by atoms with Crippen LogP contribution in [-0.2, 0) is 21.2 Å². The van der Waals surface area contributed by atoms with E-state index in [1.807, 2.05) is 6.92 Å². The molecule has 3 heterocycles. The van der Waals surface area contributed by atoms with Crippen LogP contribution in [0.25, 0.3) is 16.6 Å². The van der Waals surface area contributed by atoms with Gasteiger partial charge in [0, 0.05) is 35.5 Å². The summed E-state index contributed by atoms with van der Waals surface area (Å²) in [7, 11) is -3.75. The number of pyridine rings is 2. The molecule has 5 rings (SSSR count). The third kappa shape index (κ3) is 6.94. The summed E-state index contributed by atoms with van der Waals surface area (Å²) in [5.41, 5.74) is 0.323. The van der Waals surface area contributed by atoms with Gasteiger partial charge in [-0.3, -0.25) is 0 Å². The molecule has 1 aliphatic carbocycles. The molecule has 0 unspecified atom stereocenters. The lowest BCUT2D eigenvalue weighted by atomic mass is 9.83. The van der Waals surface area contributed by atoms with Crippen molar-refractivity contribution in [1.82, 2.24) is 25.1 Å². The topological polar surface area (TPSA) is 148 Å². The third-order valence-corrected chi connectivity index (χ3v) is 9.56. The van der Waals surface area contributed by atoms with Crippen molar-refractivity contribution in [3.63, 3.8) is 0 Å². The first-order chi connectivity index (χ1) is 20.2. The van der Waals surface area contributed by atoms with Crippen LogP contribution in [0.2, 0.25) is 0 Å². The average molecular weight is 611 g/mol. The number of aliphatic hydroxyl groups excluding tert-OH is 1. The molecule has 0 saturated heterocycles. The average Bonchev–Trinajstić information content (AvgIpc) is 3.42. The van der Waals surface area contributed by atoms with Crippen LogP contribution in [0.1, 0.15) is 59.1 Å². The van der Waals surface area contributed by atoms with Crippen LogP contribution in [-0.4, -0.2) is 55.8 Å². The maximum absolute atomic E-state index is 14.9. The Morgan fingerprint density at radius 2 is 1.91 bits per heavy atom. The highest BCUT2D eigenvalue weighted by molar-refractivity contribution is 7.92. The molecule has 0 radical (unpaired) electrons. The normalized spacial score (nSPS) is 19.3. The number of sulfone groups is 1. The fourth-order valence-electron chi connectivity index (χ4n) is 5.08. The number of hydrogen-bond acceptors (Lipinski definition) is 9. The van der Waals surface area contributed by atoms with E-state index in [1.54, 1.807) is 63.5 Å². The molecule has 1 amide bonds. The number of ether oxygens (including phenoxy) is 1. The van der Waals surface area contributed by atoms with Crippen molar-refractivity contribution in [2.45, 2.75) is 81.4 Å². The van der Waals surface area contributed by atoms with Crippen molar-refractivity contribution in [2.24, 2.45) is 0 Å². The summed E-state index contributed by atoms with van der Waals surface area (Å²) in [5, 5.41) is 19.2. The molecule has 0 aliphatic heterocycles. The molecular weight excluding hydrogens is 575 g/mol. The van der Waals surface area contributed by atoms with E-state index in [4.69, 9.17) is 4.74 Å². The summed E-state index contributed by atoms with van der Waals surface area (Å²) in [6.07, 6.45) is 4.35. The Morgan fingerprint density at radius 1 is 1.16 bits per heavy atom. The number of aromatic nitrogens is 4. The molecule has 3 N–H and O–H groups in total. The van der Waals surface area contributed by atoms with Gasteiger partial charge in [-0.1, -0.05) is 0 Å². The second-order valence-electron chi connectivity index (χ2n) is 12.0. The fourth-order valence-corrected chi connectivity index (χ4v) is 6.77. The minimum Gasteiger partial charge on any atom is -0.444 e. The van der Waals surface area contributed by atoms with Gasteiger partial charge in [0.1, 0.15) is 17.2 Å². The van der Waals surface area contributed by atoms with Crippen LogP contribution < -0.4 is 10.6 Å². The van der Waals surface area contributed by atoms with Crippen LogP contribution in [0.15, 0.2) is 59.9 Å². The lowest BCUT2D eigenvalue weighted by molar-refractivity contribution is 0.0440. The fraction of sp³-hybridized carbons (Fsp3) is 0.400. The zero-order valence-corrected chi connectivity index (χ0v) is 25.3. The summed E-state index contributed by atoms with van der Waals surface area (Å²) in [6.45, 7) is 7.05. The molecule has 1 aromatic carbocycles. The third-order valence-electron chi connectivity index (χ3n) is 7.40. The van der Waals surface area contributed by atoms with Crippen molar-refractivity contribution in [3.05, 3.63) is 66.4 Å². The van der Waals surface area contributed by atoms with Gasteiger partial charge in [0.15, 0.2) is 14.9 Å². The molecule has 0 atom stereocenters. The number of aliphatic hydroxyl groups is 1. The maximum atomic E-state index is 14.9. The van der Waals surface area contributed by atoms with E-state index in [0.717, 1.165) is 0 Å². The largest absolute Gasteiger partial charge is 0.444 e. The van der Waals surface area contributed by atoms with Crippen LogP contribution in [0.3, 0.4) is 0 Å². The number of nitrogens with zero attached hydrogens (tertiary/aromatic N) is 4. The number of alkyl carbamates (subject to hydrolysis) is 1. The minimum atomic E-state index is -3.75. The Balaban J connectivity index is 1.29. The highest BCUT2D eigenvalue weighted by atomic mass is 32.2. The maximum Gasteiger partial charge on any atom is 0.408 e. The Hall–Kier alpha value is -4.10. The zero-order valence-electron chi connectivity index (χ0n) is 24.5. The predicted octanol–water partition coefficient (Wildman–Crippen LogP) is 5.19. The number of nitrogens with one attached hydrogen (secondary N) is 2. The van der Waals surface area contributed by atoms with Crippen LogP contribution in [0.5, 0.6) is 0 Å². The summed E-state index contributed by atoms with van der Waals surface area (Å²) in [5.74, 6) is -0.250. The summed E-state index contributed by atoms with van der Waals surface area (Å²) in [6, 6.07) is 10.9. The van der Waals surface area contributed by atoms with Gasteiger partial charge in [0.05, 0.1) is 34.4 Å². The van der Waals surface area contributed by atoms with Gasteiger partial charge in [0.2, 0.25) is 0 Å². The highest BCUT2D eigenvalue weighted by Gasteiger charge is 2.39. The molecular formula is C30H35FN6O5S. The monoisotopic (exact) mass is 610 g/mol. The van der Waals surface area contributed by atoms with Crippen molar-refractivity contribution < 1.29 is 27.4 Å². The van der Waals surface area contributed by atoms with Gasteiger partial charge in [-0.2, -0.15) is 5.10 Å².